The number of benzene rings is 10. The van der Waals surface area contributed by atoms with Gasteiger partial charge in [0.05, 0.1) is 11.4 Å². The van der Waals surface area contributed by atoms with Gasteiger partial charge in [0.2, 0.25) is 0 Å². The summed E-state index contributed by atoms with van der Waals surface area (Å²) in [7, 11) is 0. The van der Waals surface area contributed by atoms with Crippen LogP contribution in [0, 0.1) is 0 Å². The van der Waals surface area contributed by atoms with E-state index >= 15 is 0 Å². The first kappa shape index (κ1) is 96.2. The van der Waals surface area contributed by atoms with E-state index in [1.54, 1.807) is 0 Å². The zero-order chi connectivity index (χ0) is 95.0. The van der Waals surface area contributed by atoms with Crippen molar-refractivity contribution in [1.29, 1.82) is 0 Å². The number of ether oxygens (including phenoxy) is 2. The lowest BCUT2D eigenvalue weighted by atomic mass is 9.79. The summed E-state index contributed by atoms with van der Waals surface area (Å²) in [5.41, 5.74) is 20.9. The molecule has 2 aliphatic carbocycles. The van der Waals surface area contributed by atoms with Crippen LogP contribution >= 0.6 is 11.6 Å². The van der Waals surface area contributed by atoms with Gasteiger partial charge in [0.25, 0.3) is 0 Å². The predicted octanol–water partition coefficient (Wildman–Crippen LogP) is 28.0. The molecule has 12 heteroatoms. The summed E-state index contributed by atoms with van der Waals surface area (Å²) in [6.07, 6.45) is 2.17. The highest BCUT2D eigenvalue weighted by Crippen LogP contribution is 2.50. The van der Waals surface area contributed by atoms with E-state index in [1.165, 1.54) is 0 Å². The van der Waals surface area contributed by atoms with E-state index in [1.807, 2.05) is 12.1 Å². The van der Waals surface area contributed by atoms with E-state index in [2.05, 4.69) is 329 Å². The molecule has 0 atom stereocenters. The van der Waals surface area contributed by atoms with E-state index in [4.69, 9.17) is 26.1 Å². The van der Waals surface area contributed by atoms with Gasteiger partial charge < -0.3 is 50.3 Å². The lowest BCUT2D eigenvalue weighted by Crippen LogP contribution is -2.16. The number of aromatic hydroxyl groups is 8. The molecule has 0 amide bonds. The average Bonchev–Trinajstić information content (AvgIpc) is 0.766. The van der Waals surface area contributed by atoms with Crippen LogP contribution < -0.4 is 9.47 Å². The third-order valence-electron chi connectivity index (χ3n) is 26.7. The number of phenolic OH excluding ortho intramolecular Hbond substituents is 8. The quantitative estimate of drug-likeness (QED) is 0.0790. The highest BCUT2D eigenvalue weighted by atomic mass is 35.5. The Labute approximate surface area is 775 Å². The SMILES string of the molecule is CC(C)(C)c1cc2c(O)c(c1)Cc1cc(C(C)(C)C)cc(c1O)Cc1cc(C(C)(C)C)cc(c1OCc1cc(Cl)cc(COc3c4cc(C(C)(C)C)cc3Cc3cc(C(C)(C)C)cc(c3O)Cc3cc(C(C)(C)C)cc(c3O)Cc3cc(C(C)(C)C)cc(c3O)Cc3cc(C(C)(C)C)cc(c3O)C4)n1)Cc1cc(C(C)(C)C)cc(c1O)Cc1cc(C(C)(C)C)cc(c1O)C2. The van der Waals surface area contributed by atoms with Crippen LogP contribution in [0.4, 0.5) is 0 Å². The summed E-state index contributed by atoms with van der Waals surface area (Å²) < 4.78 is 15.0. The first-order chi connectivity index (χ1) is 59.3. The number of aromatic nitrogens is 1. The Morgan fingerprint density at radius 3 is 0.419 bits per heavy atom. The van der Waals surface area contributed by atoms with Crippen molar-refractivity contribution in [3.05, 3.63) is 317 Å². The average molecular weight is 1760 g/mol. The van der Waals surface area contributed by atoms with Crippen LogP contribution in [0.15, 0.2) is 133 Å². The normalized spacial score (nSPS) is 14.2. The molecular formula is C117H144ClNO10. The second-order valence-electron chi connectivity index (χ2n) is 48.0. The van der Waals surface area contributed by atoms with Crippen molar-refractivity contribution in [1.82, 2.24) is 4.98 Å². The molecule has 10 aromatic carbocycles. The van der Waals surface area contributed by atoms with Gasteiger partial charge in [-0.2, -0.15) is 0 Å². The van der Waals surface area contributed by atoms with Crippen molar-refractivity contribution >= 4 is 11.6 Å². The topological polar surface area (TPSA) is 193 Å². The molecule has 2 aliphatic rings. The Morgan fingerprint density at radius 1 is 0.194 bits per heavy atom. The van der Waals surface area contributed by atoms with E-state index in [0.717, 1.165) is 77.9 Å². The number of hydrogen-bond acceptors (Lipinski definition) is 11. The van der Waals surface area contributed by atoms with Crippen molar-refractivity contribution in [3.63, 3.8) is 0 Å². The van der Waals surface area contributed by atoms with E-state index in [-0.39, 0.29) is 145 Å². The first-order valence-electron chi connectivity index (χ1n) is 46.4. The van der Waals surface area contributed by atoms with Gasteiger partial charge in [0.1, 0.15) is 70.7 Å². The molecule has 0 radical (unpaired) electrons. The van der Waals surface area contributed by atoms with Gasteiger partial charge in [-0.15, -0.1) is 0 Å². The number of halogens is 1. The van der Waals surface area contributed by atoms with Crippen molar-refractivity contribution < 1.29 is 50.3 Å². The Balaban J connectivity index is 0.999. The van der Waals surface area contributed by atoms with Crippen LogP contribution in [-0.4, -0.2) is 45.8 Å². The van der Waals surface area contributed by atoms with Crippen molar-refractivity contribution in [2.24, 2.45) is 0 Å². The molecule has 0 fully saturated rings. The molecule has 20 bridgehead atoms. The minimum absolute atomic E-state index is 0.0776. The standard InChI is InChI=1S/C117H144ClNO10/c1-108(2,3)85-41-65-31-66-42-86(109(4,5)6)46-70(99(66)121)34-74-50-90(113(16,17)18)54-78(103(74)125)38-82-58-93(116(25,26)27)57-81(37-77-53-89(112(13,14)15)49-73(102(77)124)33-69(45-85)98(65)120)106(82)128-63-96-61-95(118)62-97(119-96)64-129-107-83-39-79-55-91(114(19,20)21)51-75(104(79)126)35-71-47-87(110(7,8)9)43-67(100(71)122)32-68-44-88(111(10,11)12)48-72(101(68)123)36-76-52-92(115(22,23)24)56-80(105(76)127)40-84(107)60-94(59-83)117(28,29)30/h41-62,120-127H,31-40,63-64H2,1-30H3. The second-order valence-corrected chi connectivity index (χ2v) is 48.4. The lowest BCUT2D eigenvalue weighted by molar-refractivity contribution is 0.284. The fourth-order valence-corrected chi connectivity index (χ4v) is 18.3. The maximum absolute atomic E-state index is 13.3. The van der Waals surface area contributed by atoms with Gasteiger partial charge in [-0.3, -0.25) is 4.98 Å². The van der Waals surface area contributed by atoms with Gasteiger partial charge in [-0.05, 0) is 233 Å². The van der Waals surface area contributed by atoms with Crippen molar-refractivity contribution in [2.45, 2.75) is 339 Å². The number of fused-ring (bicyclic) bond motifs is 20. The number of phenols is 8. The molecule has 13 rings (SSSR count). The number of rotatable bonds is 6. The van der Waals surface area contributed by atoms with Gasteiger partial charge >= 0.3 is 0 Å². The van der Waals surface area contributed by atoms with Gasteiger partial charge in [-0.25, -0.2) is 0 Å². The minimum Gasteiger partial charge on any atom is -0.507 e. The lowest BCUT2D eigenvalue weighted by Gasteiger charge is -2.27. The van der Waals surface area contributed by atoms with Crippen LogP contribution in [0.1, 0.15) is 386 Å². The molecule has 11 nitrogen and oxygen atoms in total. The summed E-state index contributed by atoms with van der Waals surface area (Å²) in [5, 5.41) is 105. The molecule has 0 saturated carbocycles. The molecular weight excluding hydrogens is 1610 g/mol. The molecule has 8 N–H and O–H groups in total. The van der Waals surface area contributed by atoms with Crippen molar-refractivity contribution in [2.75, 3.05) is 0 Å². The molecule has 11 aromatic rings. The van der Waals surface area contributed by atoms with Crippen LogP contribution in [-0.2, 0) is 132 Å². The summed E-state index contributed by atoms with van der Waals surface area (Å²) >= 11 is 7.44. The molecule has 0 unspecified atom stereocenters. The molecule has 684 valence electrons. The zero-order valence-corrected chi connectivity index (χ0v) is 83.7. The molecule has 0 aliphatic heterocycles. The maximum Gasteiger partial charge on any atom is 0.130 e. The van der Waals surface area contributed by atoms with Gasteiger partial charge in [0, 0.05) is 69.2 Å². The van der Waals surface area contributed by atoms with Crippen LogP contribution in [0.5, 0.6) is 57.5 Å². The van der Waals surface area contributed by atoms with Crippen LogP contribution in [0.25, 0.3) is 0 Å². The Hall–Kier alpha value is -10.4. The van der Waals surface area contributed by atoms with Crippen LogP contribution in [0.2, 0.25) is 5.02 Å². The van der Waals surface area contributed by atoms with E-state index < -0.39 is 32.5 Å². The van der Waals surface area contributed by atoms with E-state index in [0.29, 0.717) is 117 Å². The second kappa shape index (κ2) is 34.4. The van der Waals surface area contributed by atoms with Gasteiger partial charge in [0.15, 0.2) is 0 Å². The zero-order valence-electron chi connectivity index (χ0n) is 82.9. The highest BCUT2D eigenvalue weighted by molar-refractivity contribution is 6.30. The Kier molecular flexibility index (Phi) is 25.7. The number of nitrogens with zero attached hydrogens (tertiary/aromatic N) is 1. The fourth-order valence-electron chi connectivity index (χ4n) is 18.1. The highest BCUT2D eigenvalue weighted by Gasteiger charge is 2.35. The predicted molar refractivity (Wildman–Crippen MR) is 531 cm³/mol. The Bertz CT molecular complexity index is 5500. The fraction of sp³-hybridized carbons (Fsp3) is 0.444. The third-order valence-corrected chi connectivity index (χ3v) is 26.9. The molecule has 1 heterocycles. The first-order valence-corrected chi connectivity index (χ1v) is 46.8. The number of hydrogen-bond donors (Lipinski definition) is 8. The molecule has 1 aromatic heterocycles. The van der Waals surface area contributed by atoms with Gasteiger partial charge in [-0.1, -0.05) is 341 Å². The summed E-state index contributed by atoms with van der Waals surface area (Å²) in [6, 6.07) is 45.7. The third kappa shape index (κ3) is 21.3. The van der Waals surface area contributed by atoms with Crippen LogP contribution in [0.3, 0.4) is 0 Å². The summed E-state index contributed by atoms with van der Waals surface area (Å²) in [5.74, 6) is 1.88. The molecule has 129 heavy (non-hydrogen) atoms. The summed E-state index contributed by atoms with van der Waals surface area (Å²) in [4.78, 5) is 5.41. The van der Waals surface area contributed by atoms with E-state index in [9.17, 15) is 40.9 Å². The van der Waals surface area contributed by atoms with Crippen molar-refractivity contribution in [3.8, 4) is 57.5 Å². The number of pyridine rings is 1. The minimum atomic E-state index is -0.415. The molecule has 0 spiro atoms. The monoisotopic (exact) mass is 1760 g/mol. The molecule has 0 saturated heterocycles. The maximum atomic E-state index is 13.3. The Morgan fingerprint density at radius 2 is 0.302 bits per heavy atom. The largest absolute Gasteiger partial charge is 0.507 e. The summed E-state index contributed by atoms with van der Waals surface area (Å²) in [6.45, 7) is 65.0. The smallest absolute Gasteiger partial charge is 0.130 e.